The van der Waals surface area contributed by atoms with Crippen LogP contribution in [-0.4, -0.2) is 28.0 Å². The molecule has 1 saturated heterocycles. The molecule has 4 heteroatoms. The van der Waals surface area contributed by atoms with E-state index < -0.39 is 11.5 Å². The predicted molar refractivity (Wildman–Crippen MR) is 62.1 cm³/mol. The highest BCUT2D eigenvalue weighted by atomic mass is 16.2. The number of carbonyl (C=O) groups is 3. The molecule has 0 spiro atoms. The lowest BCUT2D eigenvalue weighted by Gasteiger charge is -2.30. The summed E-state index contributed by atoms with van der Waals surface area (Å²) >= 11 is 0. The molecule has 0 radical (unpaired) electrons. The minimum absolute atomic E-state index is 0.132. The van der Waals surface area contributed by atoms with E-state index in [1.54, 1.807) is 0 Å². The van der Waals surface area contributed by atoms with Gasteiger partial charge in [0, 0.05) is 24.3 Å². The van der Waals surface area contributed by atoms with Crippen LogP contribution in [0.1, 0.15) is 46.5 Å². The van der Waals surface area contributed by atoms with Crippen molar-refractivity contribution in [2.75, 3.05) is 0 Å². The second kappa shape index (κ2) is 3.93. The molecular weight excluding hydrogens is 218 g/mol. The van der Waals surface area contributed by atoms with E-state index in [1.807, 2.05) is 20.8 Å². The summed E-state index contributed by atoms with van der Waals surface area (Å²) in [5.74, 6) is -0.725. The number of rotatable bonds is 1. The van der Waals surface area contributed by atoms with Gasteiger partial charge < -0.3 is 0 Å². The molecule has 2 rings (SSSR count). The number of carbonyl (C=O) groups excluding carboxylic acids is 3. The first kappa shape index (κ1) is 12.3. The Morgan fingerprint density at radius 1 is 1.12 bits per heavy atom. The summed E-state index contributed by atoms with van der Waals surface area (Å²) in [4.78, 5) is 37.2. The SMILES string of the molecule is CC(C)(C)N1C(=O)CC(C2CCCC2=O)C1=O. The van der Waals surface area contributed by atoms with Crippen LogP contribution in [0, 0.1) is 11.8 Å². The summed E-state index contributed by atoms with van der Waals surface area (Å²) in [5.41, 5.74) is -0.482. The number of imide groups is 1. The number of Topliss-reactive ketones (excluding diaryl/α,β-unsaturated/α-hetero) is 1. The van der Waals surface area contributed by atoms with E-state index in [0.29, 0.717) is 6.42 Å². The highest BCUT2D eigenvalue weighted by molar-refractivity contribution is 6.06. The van der Waals surface area contributed by atoms with E-state index in [1.165, 1.54) is 4.90 Å². The van der Waals surface area contributed by atoms with Crippen molar-refractivity contribution < 1.29 is 14.4 Å². The first-order valence-corrected chi connectivity index (χ1v) is 6.22. The van der Waals surface area contributed by atoms with E-state index >= 15 is 0 Å². The van der Waals surface area contributed by atoms with Gasteiger partial charge in [0.2, 0.25) is 11.8 Å². The largest absolute Gasteiger partial charge is 0.299 e. The Balaban J connectivity index is 2.21. The van der Waals surface area contributed by atoms with Crippen LogP contribution in [-0.2, 0) is 14.4 Å². The molecule has 0 N–H and O–H groups in total. The lowest BCUT2D eigenvalue weighted by atomic mass is 9.88. The molecule has 94 valence electrons. The van der Waals surface area contributed by atoms with Gasteiger partial charge in [0.05, 0.1) is 5.92 Å². The topological polar surface area (TPSA) is 54.5 Å². The van der Waals surface area contributed by atoms with Crippen molar-refractivity contribution >= 4 is 17.6 Å². The van der Waals surface area contributed by atoms with Crippen molar-refractivity contribution in [1.29, 1.82) is 0 Å². The minimum atomic E-state index is -0.482. The third kappa shape index (κ3) is 2.01. The van der Waals surface area contributed by atoms with Gasteiger partial charge in [-0.25, -0.2) is 0 Å². The fourth-order valence-corrected chi connectivity index (χ4v) is 2.94. The van der Waals surface area contributed by atoms with Gasteiger partial charge in [0.1, 0.15) is 5.78 Å². The van der Waals surface area contributed by atoms with Crippen molar-refractivity contribution in [1.82, 2.24) is 4.90 Å². The van der Waals surface area contributed by atoms with Crippen LogP contribution in [0.5, 0.6) is 0 Å². The van der Waals surface area contributed by atoms with Crippen LogP contribution in [0.3, 0.4) is 0 Å². The molecule has 1 saturated carbocycles. The Labute approximate surface area is 101 Å². The van der Waals surface area contributed by atoms with E-state index in [0.717, 1.165) is 12.8 Å². The first-order valence-electron chi connectivity index (χ1n) is 6.22. The van der Waals surface area contributed by atoms with Crippen molar-refractivity contribution in [2.24, 2.45) is 11.8 Å². The Morgan fingerprint density at radius 3 is 2.18 bits per heavy atom. The second-order valence-corrected chi connectivity index (χ2v) is 6.01. The van der Waals surface area contributed by atoms with Gasteiger partial charge in [-0.3, -0.25) is 19.3 Å². The van der Waals surface area contributed by atoms with E-state index in [4.69, 9.17) is 0 Å². The molecule has 1 heterocycles. The monoisotopic (exact) mass is 237 g/mol. The summed E-state index contributed by atoms with van der Waals surface area (Å²) < 4.78 is 0. The molecule has 4 nitrogen and oxygen atoms in total. The maximum absolute atomic E-state index is 12.2. The van der Waals surface area contributed by atoms with E-state index in [9.17, 15) is 14.4 Å². The number of hydrogen-bond acceptors (Lipinski definition) is 3. The van der Waals surface area contributed by atoms with Crippen LogP contribution in [0.2, 0.25) is 0 Å². The number of hydrogen-bond donors (Lipinski definition) is 0. The molecule has 2 aliphatic rings. The number of likely N-dealkylation sites (tertiary alicyclic amines) is 1. The zero-order valence-corrected chi connectivity index (χ0v) is 10.7. The van der Waals surface area contributed by atoms with Gasteiger partial charge in [-0.1, -0.05) is 0 Å². The van der Waals surface area contributed by atoms with E-state index in [2.05, 4.69) is 0 Å². The Kier molecular flexibility index (Phi) is 2.84. The molecule has 17 heavy (non-hydrogen) atoms. The number of nitrogens with zero attached hydrogens (tertiary/aromatic N) is 1. The number of ketones is 1. The van der Waals surface area contributed by atoms with Gasteiger partial charge in [0.15, 0.2) is 0 Å². The van der Waals surface area contributed by atoms with Crippen LogP contribution in [0.4, 0.5) is 0 Å². The molecule has 2 fully saturated rings. The average molecular weight is 237 g/mol. The van der Waals surface area contributed by atoms with Gasteiger partial charge in [-0.15, -0.1) is 0 Å². The summed E-state index contributed by atoms with van der Waals surface area (Å²) in [5, 5.41) is 0. The van der Waals surface area contributed by atoms with Crippen molar-refractivity contribution in [3.05, 3.63) is 0 Å². The summed E-state index contributed by atoms with van der Waals surface area (Å²) in [6.45, 7) is 5.55. The van der Waals surface area contributed by atoms with Gasteiger partial charge >= 0.3 is 0 Å². The quantitative estimate of drug-likeness (QED) is 0.650. The molecule has 2 unspecified atom stereocenters. The highest BCUT2D eigenvalue weighted by Gasteiger charge is 2.49. The maximum Gasteiger partial charge on any atom is 0.234 e. The molecule has 2 atom stereocenters. The minimum Gasteiger partial charge on any atom is -0.299 e. The zero-order valence-electron chi connectivity index (χ0n) is 10.7. The normalized spacial score (nSPS) is 30.5. The first-order chi connectivity index (χ1) is 7.82. The Hall–Kier alpha value is -1.19. The molecular formula is C13H19NO3. The van der Waals surface area contributed by atoms with Gasteiger partial charge in [-0.05, 0) is 33.6 Å². The maximum atomic E-state index is 12.2. The van der Waals surface area contributed by atoms with Crippen LogP contribution in [0.15, 0.2) is 0 Å². The highest BCUT2D eigenvalue weighted by Crippen LogP contribution is 2.37. The summed E-state index contributed by atoms with van der Waals surface area (Å²) in [7, 11) is 0. The fourth-order valence-electron chi connectivity index (χ4n) is 2.94. The molecule has 0 aromatic heterocycles. The predicted octanol–water partition coefficient (Wildman–Crippen LogP) is 1.53. The smallest absolute Gasteiger partial charge is 0.234 e. The standard InChI is InChI=1S/C13H19NO3/c1-13(2,3)14-11(16)7-9(12(14)17)8-5-4-6-10(8)15/h8-9H,4-7H2,1-3H3. The molecule has 0 aromatic rings. The van der Waals surface area contributed by atoms with Crippen LogP contribution < -0.4 is 0 Å². The average Bonchev–Trinajstić information content (AvgIpc) is 2.69. The lowest BCUT2D eigenvalue weighted by molar-refractivity contribution is -0.146. The van der Waals surface area contributed by atoms with Crippen molar-refractivity contribution in [3.63, 3.8) is 0 Å². The fraction of sp³-hybridized carbons (Fsp3) is 0.769. The summed E-state index contributed by atoms with van der Waals surface area (Å²) in [6.07, 6.45) is 2.40. The molecule has 0 aromatic carbocycles. The van der Waals surface area contributed by atoms with Crippen LogP contribution >= 0.6 is 0 Å². The zero-order chi connectivity index (χ0) is 12.8. The summed E-state index contributed by atoms with van der Waals surface area (Å²) in [6, 6.07) is 0. The van der Waals surface area contributed by atoms with Crippen LogP contribution in [0.25, 0.3) is 0 Å². The van der Waals surface area contributed by atoms with E-state index in [-0.39, 0.29) is 29.9 Å². The lowest BCUT2D eigenvalue weighted by Crippen LogP contribution is -2.46. The molecule has 2 amide bonds. The third-order valence-corrected chi connectivity index (χ3v) is 3.69. The molecule has 1 aliphatic heterocycles. The Bertz CT molecular complexity index is 381. The van der Waals surface area contributed by atoms with Crippen molar-refractivity contribution in [3.8, 4) is 0 Å². The number of amides is 2. The third-order valence-electron chi connectivity index (χ3n) is 3.69. The van der Waals surface area contributed by atoms with Gasteiger partial charge in [0.25, 0.3) is 0 Å². The second-order valence-electron chi connectivity index (χ2n) is 6.01. The Morgan fingerprint density at radius 2 is 1.76 bits per heavy atom. The molecule has 1 aliphatic carbocycles. The molecule has 0 bridgehead atoms. The van der Waals surface area contributed by atoms with Crippen molar-refractivity contribution in [2.45, 2.75) is 52.0 Å². The van der Waals surface area contributed by atoms with Gasteiger partial charge in [-0.2, -0.15) is 0 Å².